The molecular weight excluding hydrogens is 326 g/mol. The molecule has 1 rings (SSSR count). The van der Waals surface area contributed by atoms with E-state index in [4.69, 9.17) is 0 Å². The minimum atomic E-state index is -3.59. The van der Waals surface area contributed by atoms with Crippen molar-refractivity contribution in [3.8, 4) is 0 Å². The largest absolute Gasteiger partial charge is 0.326 e. The first kappa shape index (κ1) is 20.9. The molecule has 0 unspecified atom stereocenters. The van der Waals surface area contributed by atoms with Gasteiger partial charge in [0.25, 0.3) is 0 Å². The first-order valence-electron chi connectivity index (χ1n) is 6.87. The lowest BCUT2D eigenvalue weighted by Gasteiger charge is -2.14. The molecule has 1 aromatic carbocycles. The molecule has 0 aromatic heterocycles. The van der Waals surface area contributed by atoms with Gasteiger partial charge in [-0.05, 0) is 38.1 Å². The average Bonchev–Trinajstić information content (AvgIpc) is 2.39. The lowest BCUT2D eigenvalue weighted by Crippen LogP contribution is -2.38. The van der Waals surface area contributed by atoms with Gasteiger partial charge in [-0.15, -0.1) is 12.4 Å². The van der Waals surface area contributed by atoms with Crippen molar-refractivity contribution >= 4 is 34.0 Å². The molecule has 6 nitrogen and oxygen atoms in total. The number of benzene rings is 1. The zero-order chi connectivity index (χ0) is 16.0. The van der Waals surface area contributed by atoms with E-state index >= 15 is 0 Å². The second-order valence-corrected chi connectivity index (χ2v) is 6.74. The Bertz CT molecular complexity index is 605. The van der Waals surface area contributed by atoms with Crippen LogP contribution >= 0.6 is 12.4 Å². The third-order valence-corrected chi connectivity index (χ3v) is 4.38. The molecule has 0 fully saturated rings. The Balaban J connectivity index is 0.00000441. The maximum absolute atomic E-state index is 12.2. The molecule has 0 aliphatic carbocycles. The van der Waals surface area contributed by atoms with Crippen LogP contribution in [0.5, 0.6) is 0 Å². The Hall–Kier alpha value is -1.15. The summed E-state index contributed by atoms with van der Waals surface area (Å²) in [6.07, 6.45) is 0. The van der Waals surface area contributed by atoms with E-state index in [1.807, 2.05) is 20.8 Å². The predicted molar refractivity (Wildman–Crippen MR) is 91.1 cm³/mol. The highest BCUT2D eigenvalue weighted by Gasteiger charge is 2.16. The van der Waals surface area contributed by atoms with Crippen LogP contribution in [0.25, 0.3) is 0 Å². The van der Waals surface area contributed by atoms with Gasteiger partial charge in [-0.2, -0.15) is 0 Å². The number of anilines is 1. The lowest BCUT2D eigenvalue weighted by molar-refractivity contribution is -0.114. The minimum Gasteiger partial charge on any atom is -0.326 e. The average molecular weight is 350 g/mol. The maximum atomic E-state index is 12.2. The number of carbonyl (C=O) groups is 1. The van der Waals surface area contributed by atoms with Gasteiger partial charge in [0.05, 0.1) is 4.90 Å². The Kier molecular flexibility index (Phi) is 8.62. The summed E-state index contributed by atoms with van der Waals surface area (Å²) in [6, 6.07) is 4.72. The third kappa shape index (κ3) is 6.31. The summed E-state index contributed by atoms with van der Waals surface area (Å²) in [4.78, 5) is 11.3. The summed E-state index contributed by atoms with van der Waals surface area (Å²) < 4.78 is 27.0. The quantitative estimate of drug-likeness (QED) is 0.698. The fourth-order valence-electron chi connectivity index (χ4n) is 1.83. The smallest absolute Gasteiger partial charge is 0.240 e. The van der Waals surface area contributed by atoms with E-state index in [2.05, 4.69) is 15.4 Å². The minimum absolute atomic E-state index is 0. The highest BCUT2D eigenvalue weighted by atomic mass is 35.5. The Morgan fingerprint density at radius 1 is 1.32 bits per heavy atom. The lowest BCUT2D eigenvalue weighted by atomic mass is 10.2. The molecular formula is C14H24ClN3O3S. The fourth-order valence-corrected chi connectivity index (χ4v) is 2.99. The molecule has 8 heteroatoms. The standard InChI is InChI=1S/C14H23N3O3S.ClH/c1-5-15-11(3)9-16-21(19,20)13-7-6-10(2)14(8-13)17-12(4)18;/h6-8,11,15-16H,5,9H2,1-4H3,(H,17,18);1H/t11-;/m1./s1. The number of sulfonamides is 1. The SMILES string of the molecule is CCN[C@H](C)CNS(=O)(=O)c1ccc(C)c(NC(C)=O)c1.Cl. The summed E-state index contributed by atoms with van der Waals surface area (Å²) in [5, 5.41) is 5.76. The van der Waals surface area contributed by atoms with Crippen molar-refractivity contribution in [1.82, 2.24) is 10.0 Å². The third-order valence-electron chi connectivity index (χ3n) is 2.96. The van der Waals surface area contributed by atoms with E-state index in [9.17, 15) is 13.2 Å². The van der Waals surface area contributed by atoms with Gasteiger partial charge in [0, 0.05) is 25.2 Å². The number of halogens is 1. The number of carbonyl (C=O) groups excluding carboxylic acids is 1. The van der Waals surface area contributed by atoms with Crippen LogP contribution in [0, 0.1) is 6.92 Å². The van der Waals surface area contributed by atoms with Crippen LogP contribution < -0.4 is 15.4 Å². The van der Waals surface area contributed by atoms with Gasteiger partial charge in [-0.1, -0.05) is 13.0 Å². The van der Waals surface area contributed by atoms with Gasteiger partial charge >= 0.3 is 0 Å². The van der Waals surface area contributed by atoms with Crippen LogP contribution in [0.2, 0.25) is 0 Å². The fraction of sp³-hybridized carbons (Fsp3) is 0.500. The molecule has 0 radical (unpaired) electrons. The van der Waals surface area contributed by atoms with E-state index in [-0.39, 0.29) is 29.3 Å². The monoisotopic (exact) mass is 349 g/mol. The van der Waals surface area contributed by atoms with Crippen LogP contribution in [0.4, 0.5) is 5.69 Å². The summed E-state index contributed by atoms with van der Waals surface area (Å²) in [5.74, 6) is -0.235. The molecule has 1 atom stereocenters. The molecule has 3 N–H and O–H groups in total. The molecule has 126 valence electrons. The van der Waals surface area contributed by atoms with E-state index in [0.717, 1.165) is 12.1 Å². The van der Waals surface area contributed by atoms with Crippen molar-refractivity contribution in [2.24, 2.45) is 0 Å². The molecule has 22 heavy (non-hydrogen) atoms. The number of nitrogens with one attached hydrogen (secondary N) is 3. The second-order valence-electron chi connectivity index (χ2n) is 4.97. The topological polar surface area (TPSA) is 87.3 Å². The molecule has 0 saturated carbocycles. The van der Waals surface area contributed by atoms with Gasteiger partial charge in [0.2, 0.25) is 15.9 Å². The van der Waals surface area contributed by atoms with Gasteiger partial charge in [-0.25, -0.2) is 13.1 Å². The molecule has 1 aromatic rings. The summed E-state index contributed by atoms with van der Waals surface area (Å²) in [5.41, 5.74) is 1.32. The molecule has 0 aliphatic heterocycles. The number of hydrogen-bond donors (Lipinski definition) is 3. The van der Waals surface area contributed by atoms with Gasteiger partial charge < -0.3 is 10.6 Å². The van der Waals surface area contributed by atoms with Crippen LogP contribution in [-0.2, 0) is 14.8 Å². The van der Waals surface area contributed by atoms with E-state index in [0.29, 0.717) is 12.2 Å². The maximum Gasteiger partial charge on any atom is 0.240 e. The van der Waals surface area contributed by atoms with Crippen molar-refractivity contribution in [3.05, 3.63) is 23.8 Å². The number of hydrogen-bond acceptors (Lipinski definition) is 4. The second kappa shape index (κ2) is 9.09. The van der Waals surface area contributed by atoms with Crippen molar-refractivity contribution in [2.75, 3.05) is 18.4 Å². The highest BCUT2D eigenvalue weighted by Crippen LogP contribution is 2.20. The first-order valence-corrected chi connectivity index (χ1v) is 8.36. The van der Waals surface area contributed by atoms with Crippen molar-refractivity contribution in [2.45, 2.75) is 38.6 Å². The highest BCUT2D eigenvalue weighted by molar-refractivity contribution is 7.89. The van der Waals surface area contributed by atoms with Crippen LogP contribution in [0.15, 0.2) is 23.1 Å². The predicted octanol–water partition coefficient (Wildman–Crippen LogP) is 1.65. The summed E-state index contributed by atoms with van der Waals surface area (Å²) in [7, 11) is -3.59. The Morgan fingerprint density at radius 3 is 2.50 bits per heavy atom. The van der Waals surface area contributed by atoms with Gasteiger partial charge in [-0.3, -0.25) is 4.79 Å². The molecule has 0 bridgehead atoms. The molecule has 1 amide bonds. The van der Waals surface area contributed by atoms with Gasteiger partial charge in [0.1, 0.15) is 0 Å². The number of amides is 1. The van der Waals surface area contributed by atoms with Gasteiger partial charge in [0.15, 0.2) is 0 Å². The number of likely N-dealkylation sites (N-methyl/N-ethyl adjacent to an activating group) is 1. The zero-order valence-electron chi connectivity index (χ0n) is 13.3. The van der Waals surface area contributed by atoms with E-state index < -0.39 is 10.0 Å². The van der Waals surface area contributed by atoms with E-state index in [1.54, 1.807) is 6.07 Å². The summed E-state index contributed by atoms with van der Waals surface area (Å²) >= 11 is 0. The Labute approximate surface area is 138 Å². The molecule has 0 saturated heterocycles. The molecule has 0 aliphatic rings. The normalized spacial score (nSPS) is 12.4. The van der Waals surface area contributed by atoms with Crippen LogP contribution in [0.1, 0.15) is 26.3 Å². The number of aryl methyl sites for hydroxylation is 1. The van der Waals surface area contributed by atoms with Crippen molar-refractivity contribution < 1.29 is 13.2 Å². The Morgan fingerprint density at radius 2 is 1.95 bits per heavy atom. The number of rotatable bonds is 7. The van der Waals surface area contributed by atoms with Crippen molar-refractivity contribution in [1.29, 1.82) is 0 Å². The van der Waals surface area contributed by atoms with Crippen LogP contribution in [-0.4, -0.2) is 33.5 Å². The zero-order valence-corrected chi connectivity index (χ0v) is 14.9. The molecule has 0 heterocycles. The summed E-state index contributed by atoms with van der Waals surface area (Å²) in [6.45, 7) is 8.15. The van der Waals surface area contributed by atoms with Crippen molar-refractivity contribution in [3.63, 3.8) is 0 Å². The van der Waals surface area contributed by atoms with E-state index in [1.165, 1.54) is 19.1 Å². The first-order chi connectivity index (χ1) is 9.76. The molecule has 0 spiro atoms. The van der Waals surface area contributed by atoms with Crippen LogP contribution in [0.3, 0.4) is 0 Å².